The second kappa shape index (κ2) is 5.41. The lowest BCUT2D eigenvalue weighted by molar-refractivity contribution is -0.140. The fourth-order valence-electron chi connectivity index (χ4n) is 5.80. The van der Waals surface area contributed by atoms with Gasteiger partial charge in [-0.05, 0) is 81.4 Å². The first kappa shape index (κ1) is 15.1. The Kier molecular flexibility index (Phi) is 3.27. The van der Waals surface area contributed by atoms with Crippen LogP contribution in [0.1, 0.15) is 44.3 Å². The van der Waals surface area contributed by atoms with Gasteiger partial charge in [0, 0.05) is 11.3 Å². The van der Waals surface area contributed by atoms with E-state index in [0.717, 1.165) is 48.3 Å². The van der Waals surface area contributed by atoms with Gasteiger partial charge in [0.15, 0.2) is 5.82 Å². The summed E-state index contributed by atoms with van der Waals surface area (Å²) in [5.74, 6) is 3.62. The van der Waals surface area contributed by atoms with Gasteiger partial charge in [0.05, 0.1) is 5.41 Å². The van der Waals surface area contributed by atoms with Gasteiger partial charge in [-0.15, -0.1) is 0 Å². The van der Waals surface area contributed by atoms with E-state index in [9.17, 15) is 4.79 Å². The molecule has 5 heteroatoms. The van der Waals surface area contributed by atoms with Crippen molar-refractivity contribution in [1.82, 2.24) is 10.1 Å². The van der Waals surface area contributed by atoms with Crippen LogP contribution in [0.15, 0.2) is 28.8 Å². The monoisotopic (exact) mass is 337 g/mol. The molecule has 0 atom stereocenters. The molecule has 25 heavy (non-hydrogen) atoms. The minimum atomic E-state index is -0.133. The maximum absolute atomic E-state index is 13.2. The molecule has 130 valence electrons. The van der Waals surface area contributed by atoms with Crippen LogP contribution < -0.4 is 5.32 Å². The Morgan fingerprint density at radius 2 is 1.84 bits per heavy atom. The molecule has 1 aromatic carbocycles. The van der Waals surface area contributed by atoms with Crippen LogP contribution in [0.25, 0.3) is 11.5 Å². The number of rotatable bonds is 3. The molecule has 2 aromatic rings. The van der Waals surface area contributed by atoms with Gasteiger partial charge in [0.2, 0.25) is 5.91 Å². The Balaban J connectivity index is 1.38. The number of nitrogens with zero attached hydrogens (tertiary/aromatic N) is 2. The highest BCUT2D eigenvalue weighted by Gasteiger charge is 2.54. The molecule has 4 fully saturated rings. The quantitative estimate of drug-likeness (QED) is 0.911. The fourth-order valence-corrected chi connectivity index (χ4v) is 5.80. The highest BCUT2D eigenvalue weighted by atomic mass is 16.5. The fraction of sp³-hybridized carbons (Fsp3) is 0.550. The maximum Gasteiger partial charge on any atom is 0.257 e. The molecule has 1 N–H and O–H groups in total. The van der Waals surface area contributed by atoms with Crippen molar-refractivity contribution in [3.63, 3.8) is 0 Å². The summed E-state index contributed by atoms with van der Waals surface area (Å²) in [7, 11) is 0. The van der Waals surface area contributed by atoms with Crippen molar-refractivity contribution in [1.29, 1.82) is 0 Å². The van der Waals surface area contributed by atoms with Crippen LogP contribution in [0, 0.1) is 30.1 Å². The van der Waals surface area contributed by atoms with Gasteiger partial charge in [-0.2, -0.15) is 4.98 Å². The zero-order valence-corrected chi connectivity index (χ0v) is 14.5. The maximum atomic E-state index is 13.2. The number of hydrogen-bond donors (Lipinski definition) is 1. The highest BCUT2D eigenvalue weighted by Crippen LogP contribution is 2.60. The average Bonchev–Trinajstić information content (AvgIpc) is 3.00. The Morgan fingerprint density at radius 1 is 1.16 bits per heavy atom. The van der Waals surface area contributed by atoms with Crippen LogP contribution >= 0.6 is 0 Å². The van der Waals surface area contributed by atoms with E-state index >= 15 is 0 Å². The van der Waals surface area contributed by atoms with Crippen molar-refractivity contribution in [2.24, 2.45) is 23.2 Å². The summed E-state index contributed by atoms with van der Waals surface area (Å²) >= 11 is 0. The standard InChI is InChI=1S/C20H23N3O2/c1-12-21-18(25-23-12)16-3-2-4-17(8-16)22-19(24)20-9-13-5-14(10-20)7-15(6-13)11-20/h2-4,8,13-15H,5-7,9-11H2,1H3,(H,22,24). The van der Waals surface area contributed by atoms with Crippen LogP contribution in [0.3, 0.4) is 0 Å². The summed E-state index contributed by atoms with van der Waals surface area (Å²) in [6, 6.07) is 7.70. The molecule has 4 saturated carbocycles. The summed E-state index contributed by atoms with van der Waals surface area (Å²) < 4.78 is 5.24. The van der Waals surface area contributed by atoms with E-state index in [1.165, 1.54) is 19.3 Å². The average molecular weight is 337 g/mol. The van der Waals surface area contributed by atoms with Gasteiger partial charge >= 0.3 is 0 Å². The smallest absolute Gasteiger partial charge is 0.257 e. The predicted molar refractivity (Wildman–Crippen MR) is 93.7 cm³/mol. The minimum Gasteiger partial charge on any atom is -0.334 e. The predicted octanol–water partition coefficient (Wildman–Crippen LogP) is 4.20. The molecule has 1 amide bonds. The van der Waals surface area contributed by atoms with E-state index in [1.54, 1.807) is 6.92 Å². The first-order chi connectivity index (χ1) is 12.1. The van der Waals surface area contributed by atoms with Gasteiger partial charge in [-0.3, -0.25) is 4.79 Å². The molecular weight excluding hydrogens is 314 g/mol. The van der Waals surface area contributed by atoms with E-state index in [0.29, 0.717) is 11.7 Å². The number of aryl methyl sites for hydroxylation is 1. The van der Waals surface area contributed by atoms with E-state index in [4.69, 9.17) is 4.52 Å². The van der Waals surface area contributed by atoms with E-state index in [1.807, 2.05) is 24.3 Å². The lowest BCUT2D eigenvalue weighted by Gasteiger charge is -2.55. The first-order valence-corrected chi connectivity index (χ1v) is 9.32. The van der Waals surface area contributed by atoms with Gasteiger partial charge < -0.3 is 9.84 Å². The molecular formula is C20H23N3O2. The molecule has 0 unspecified atom stereocenters. The SMILES string of the molecule is Cc1noc(-c2cccc(NC(=O)C34CC5CC(CC(C5)C3)C4)c2)n1. The summed E-state index contributed by atoms with van der Waals surface area (Å²) in [5.41, 5.74) is 1.52. The number of carbonyl (C=O) groups is 1. The number of nitrogens with one attached hydrogen (secondary N) is 1. The zero-order valence-electron chi connectivity index (χ0n) is 14.5. The normalized spacial score (nSPS) is 32.8. The second-order valence-electron chi connectivity index (χ2n) is 8.38. The Bertz CT molecular complexity index is 791. The first-order valence-electron chi connectivity index (χ1n) is 9.32. The third-order valence-electron chi connectivity index (χ3n) is 6.41. The highest BCUT2D eigenvalue weighted by molar-refractivity contribution is 5.96. The molecule has 0 aliphatic heterocycles. The third-order valence-corrected chi connectivity index (χ3v) is 6.41. The summed E-state index contributed by atoms with van der Waals surface area (Å²) in [6.07, 6.45) is 7.27. The van der Waals surface area contributed by atoms with Crippen molar-refractivity contribution in [2.75, 3.05) is 5.32 Å². The molecule has 1 aromatic heterocycles. The van der Waals surface area contributed by atoms with Crippen LogP contribution in [0.2, 0.25) is 0 Å². The topological polar surface area (TPSA) is 68.0 Å². The van der Waals surface area contributed by atoms with Gasteiger partial charge in [0.25, 0.3) is 5.89 Å². The molecule has 1 heterocycles. The van der Waals surface area contributed by atoms with Crippen LogP contribution in [0.5, 0.6) is 0 Å². The van der Waals surface area contributed by atoms with E-state index in [-0.39, 0.29) is 11.3 Å². The number of anilines is 1. The second-order valence-corrected chi connectivity index (χ2v) is 8.38. The Labute approximate surface area is 147 Å². The number of hydrogen-bond acceptors (Lipinski definition) is 4. The van der Waals surface area contributed by atoms with Crippen LogP contribution in [0.4, 0.5) is 5.69 Å². The molecule has 4 aliphatic rings. The molecule has 0 saturated heterocycles. The van der Waals surface area contributed by atoms with Gasteiger partial charge in [0.1, 0.15) is 0 Å². The van der Waals surface area contributed by atoms with Gasteiger partial charge in [-0.25, -0.2) is 0 Å². The largest absolute Gasteiger partial charge is 0.334 e. The Hall–Kier alpha value is -2.17. The summed E-state index contributed by atoms with van der Waals surface area (Å²) in [6.45, 7) is 1.80. The van der Waals surface area contributed by atoms with Crippen molar-refractivity contribution in [3.8, 4) is 11.5 Å². The number of carbonyl (C=O) groups excluding carboxylic acids is 1. The molecule has 0 radical (unpaired) electrons. The van der Waals surface area contributed by atoms with Crippen molar-refractivity contribution >= 4 is 11.6 Å². The molecule has 5 nitrogen and oxygen atoms in total. The number of amides is 1. The molecule has 0 spiro atoms. The van der Waals surface area contributed by atoms with E-state index in [2.05, 4.69) is 15.5 Å². The lowest BCUT2D eigenvalue weighted by atomic mass is 9.49. The number of aromatic nitrogens is 2. The molecule has 4 aliphatic carbocycles. The van der Waals surface area contributed by atoms with Crippen molar-refractivity contribution in [3.05, 3.63) is 30.1 Å². The van der Waals surface area contributed by atoms with Crippen LogP contribution in [-0.4, -0.2) is 16.0 Å². The summed E-state index contributed by atoms with van der Waals surface area (Å²) in [5, 5.41) is 7.02. The van der Waals surface area contributed by atoms with Crippen molar-refractivity contribution < 1.29 is 9.32 Å². The summed E-state index contributed by atoms with van der Waals surface area (Å²) in [4.78, 5) is 17.4. The van der Waals surface area contributed by atoms with Gasteiger partial charge in [-0.1, -0.05) is 11.2 Å². The minimum absolute atomic E-state index is 0.133. The third kappa shape index (κ3) is 2.57. The van der Waals surface area contributed by atoms with Crippen LogP contribution in [-0.2, 0) is 4.79 Å². The van der Waals surface area contributed by atoms with Crippen molar-refractivity contribution in [2.45, 2.75) is 45.4 Å². The zero-order chi connectivity index (χ0) is 17.0. The lowest BCUT2D eigenvalue weighted by Crippen LogP contribution is -2.51. The molecule has 4 bridgehead atoms. The molecule has 6 rings (SSSR count). The number of benzene rings is 1. The van der Waals surface area contributed by atoms with E-state index < -0.39 is 0 Å². The Morgan fingerprint density at radius 3 is 2.44 bits per heavy atom.